The van der Waals surface area contributed by atoms with Crippen molar-refractivity contribution in [1.82, 2.24) is 15.1 Å². The van der Waals surface area contributed by atoms with Gasteiger partial charge in [0.1, 0.15) is 0 Å². The van der Waals surface area contributed by atoms with Gasteiger partial charge in [-0.05, 0) is 48.7 Å². The molecule has 17 heavy (non-hydrogen) atoms. The number of ether oxygens (including phenoxy) is 1. The lowest BCUT2D eigenvalue weighted by Crippen LogP contribution is -2.34. The van der Waals surface area contributed by atoms with Crippen molar-refractivity contribution in [2.75, 3.05) is 14.2 Å². The highest BCUT2D eigenvalue weighted by atomic mass is 79.9. The van der Waals surface area contributed by atoms with Crippen LogP contribution in [0, 0.1) is 5.92 Å². The van der Waals surface area contributed by atoms with Crippen LogP contribution >= 0.6 is 15.9 Å². The Kier molecular flexibility index (Phi) is 4.22. The Hall–Kier alpha value is -0.390. The number of aromatic nitrogens is 2. The van der Waals surface area contributed by atoms with Crippen molar-refractivity contribution in [3.8, 4) is 0 Å². The zero-order valence-electron chi connectivity index (χ0n) is 10.6. The van der Waals surface area contributed by atoms with E-state index in [4.69, 9.17) is 4.74 Å². The van der Waals surface area contributed by atoms with E-state index < -0.39 is 0 Å². The predicted octanol–water partition coefficient (Wildman–Crippen LogP) is 2.35. The molecular formula is C12H20BrN3O. The van der Waals surface area contributed by atoms with Gasteiger partial charge in [0.15, 0.2) is 0 Å². The van der Waals surface area contributed by atoms with Gasteiger partial charge in [-0.1, -0.05) is 0 Å². The van der Waals surface area contributed by atoms with Crippen LogP contribution < -0.4 is 5.32 Å². The van der Waals surface area contributed by atoms with Crippen molar-refractivity contribution in [2.45, 2.75) is 38.5 Å². The molecule has 0 spiro atoms. The molecule has 0 amide bonds. The molecule has 1 heterocycles. The molecule has 0 radical (unpaired) electrons. The Balaban J connectivity index is 2.29. The van der Waals surface area contributed by atoms with E-state index in [1.165, 1.54) is 18.5 Å². The highest BCUT2D eigenvalue weighted by molar-refractivity contribution is 9.10. The van der Waals surface area contributed by atoms with Crippen LogP contribution in [0.2, 0.25) is 0 Å². The van der Waals surface area contributed by atoms with Crippen molar-refractivity contribution < 1.29 is 4.74 Å². The molecule has 1 aliphatic carbocycles. The summed E-state index contributed by atoms with van der Waals surface area (Å²) in [5.41, 5.74) is 1.19. The Labute approximate surface area is 111 Å². The summed E-state index contributed by atoms with van der Waals surface area (Å²) < 4.78 is 8.77. The van der Waals surface area contributed by atoms with Gasteiger partial charge in [-0.25, -0.2) is 0 Å². The minimum Gasteiger partial charge on any atom is -0.379 e. The van der Waals surface area contributed by atoms with Gasteiger partial charge in [0, 0.05) is 13.7 Å². The summed E-state index contributed by atoms with van der Waals surface area (Å²) >= 11 is 3.59. The third-order valence-corrected chi connectivity index (χ3v) is 4.04. The number of nitrogens with zero attached hydrogens (tertiary/aromatic N) is 2. The maximum absolute atomic E-state index is 5.68. The molecule has 1 fully saturated rings. The number of halogens is 1. The standard InChI is InChI=1S/C12H20BrN3O/c1-4-16-11(9(13)7-15-16)10(14-2)12(17-3)8-5-6-8/h7-8,10,12,14H,4-6H2,1-3H3. The second-order valence-electron chi connectivity index (χ2n) is 4.50. The molecule has 5 heteroatoms. The molecule has 0 saturated heterocycles. The maximum Gasteiger partial charge on any atom is 0.0809 e. The molecule has 1 aromatic heterocycles. The average Bonchev–Trinajstić information content (AvgIpc) is 3.10. The molecule has 1 aromatic rings. The smallest absolute Gasteiger partial charge is 0.0809 e. The number of aryl methyl sites for hydroxylation is 1. The fourth-order valence-corrected chi connectivity index (χ4v) is 2.96. The quantitative estimate of drug-likeness (QED) is 0.877. The highest BCUT2D eigenvalue weighted by Crippen LogP contribution is 2.40. The molecule has 1 N–H and O–H groups in total. The molecular weight excluding hydrogens is 282 g/mol. The number of hydrogen-bond donors (Lipinski definition) is 1. The minimum atomic E-state index is 0.198. The van der Waals surface area contributed by atoms with Gasteiger partial charge in [0.2, 0.25) is 0 Å². The summed E-state index contributed by atoms with van der Waals surface area (Å²) in [6.07, 6.45) is 4.64. The number of hydrogen-bond acceptors (Lipinski definition) is 3. The molecule has 0 bridgehead atoms. The monoisotopic (exact) mass is 301 g/mol. The topological polar surface area (TPSA) is 39.1 Å². The summed E-state index contributed by atoms with van der Waals surface area (Å²) in [5.74, 6) is 0.685. The highest BCUT2D eigenvalue weighted by Gasteiger charge is 2.38. The van der Waals surface area contributed by atoms with Crippen molar-refractivity contribution in [3.05, 3.63) is 16.4 Å². The van der Waals surface area contributed by atoms with Crippen LogP contribution in [0.5, 0.6) is 0 Å². The van der Waals surface area contributed by atoms with Gasteiger partial charge in [-0.2, -0.15) is 5.10 Å². The van der Waals surface area contributed by atoms with Crippen LogP contribution in [0.25, 0.3) is 0 Å². The molecule has 1 saturated carbocycles. The van der Waals surface area contributed by atoms with Crippen molar-refractivity contribution in [2.24, 2.45) is 5.92 Å². The third kappa shape index (κ3) is 2.56. The Bertz CT molecular complexity index is 376. The van der Waals surface area contributed by atoms with Crippen LogP contribution in [0.3, 0.4) is 0 Å². The Morgan fingerprint density at radius 1 is 1.65 bits per heavy atom. The third-order valence-electron chi connectivity index (χ3n) is 3.43. The Morgan fingerprint density at radius 2 is 2.35 bits per heavy atom. The summed E-state index contributed by atoms with van der Waals surface area (Å²) in [6.45, 7) is 2.98. The van der Waals surface area contributed by atoms with E-state index in [-0.39, 0.29) is 12.1 Å². The normalized spacial score (nSPS) is 19.3. The lowest BCUT2D eigenvalue weighted by molar-refractivity contribution is 0.0502. The first-order valence-electron chi connectivity index (χ1n) is 6.14. The number of rotatable bonds is 6. The molecule has 0 aromatic carbocycles. The summed E-state index contributed by atoms with van der Waals surface area (Å²) in [5, 5.41) is 7.75. The second kappa shape index (κ2) is 5.50. The molecule has 1 aliphatic rings. The fraction of sp³-hybridized carbons (Fsp3) is 0.750. The molecule has 2 unspecified atom stereocenters. The predicted molar refractivity (Wildman–Crippen MR) is 70.9 cm³/mol. The first kappa shape index (κ1) is 13.1. The number of nitrogens with one attached hydrogen (secondary N) is 1. The van der Waals surface area contributed by atoms with E-state index in [0.29, 0.717) is 5.92 Å². The van der Waals surface area contributed by atoms with E-state index in [2.05, 4.69) is 33.3 Å². The van der Waals surface area contributed by atoms with Crippen LogP contribution in [0.15, 0.2) is 10.7 Å². The average molecular weight is 302 g/mol. The van der Waals surface area contributed by atoms with Gasteiger partial charge in [0.25, 0.3) is 0 Å². The first-order valence-corrected chi connectivity index (χ1v) is 6.93. The van der Waals surface area contributed by atoms with Gasteiger partial charge in [0.05, 0.1) is 28.5 Å². The van der Waals surface area contributed by atoms with Crippen LogP contribution in [-0.2, 0) is 11.3 Å². The van der Waals surface area contributed by atoms with E-state index in [9.17, 15) is 0 Å². The largest absolute Gasteiger partial charge is 0.379 e. The van der Waals surface area contributed by atoms with Gasteiger partial charge in [-0.3, -0.25) is 4.68 Å². The minimum absolute atomic E-state index is 0.198. The lowest BCUT2D eigenvalue weighted by Gasteiger charge is -2.26. The number of likely N-dealkylation sites (N-methyl/N-ethyl adjacent to an activating group) is 1. The van der Waals surface area contributed by atoms with Crippen LogP contribution in [-0.4, -0.2) is 30.0 Å². The number of methoxy groups -OCH3 is 1. The van der Waals surface area contributed by atoms with E-state index >= 15 is 0 Å². The maximum atomic E-state index is 5.68. The summed E-state index contributed by atoms with van der Waals surface area (Å²) in [4.78, 5) is 0. The SMILES string of the molecule is CCn1ncc(Br)c1C(NC)C(OC)C1CC1. The zero-order chi connectivity index (χ0) is 12.4. The van der Waals surface area contributed by atoms with Gasteiger partial charge < -0.3 is 10.1 Å². The zero-order valence-corrected chi connectivity index (χ0v) is 12.2. The van der Waals surface area contributed by atoms with Crippen LogP contribution in [0.1, 0.15) is 31.5 Å². The summed E-state index contributed by atoms with van der Waals surface area (Å²) in [7, 11) is 3.78. The van der Waals surface area contributed by atoms with E-state index in [1.54, 1.807) is 7.11 Å². The molecule has 0 aliphatic heterocycles. The first-order chi connectivity index (χ1) is 8.22. The molecule has 2 atom stereocenters. The van der Waals surface area contributed by atoms with Crippen molar-refractivity contribution in [3.63, 3.8) is 0 Å². The van der Waals surface area contributed by atoms with Crippen molar-refractivity contribution in [1.29, 1.82) is 0 Å². The summed E-state index contributed by atoms with van der Waals surface area (Å²) in [6, 6.07) is 0.198. The second-order valence-corrected chi connectivity index (χ2v) is 5.35. The molecule has 96 valence electrons. The van der Waals surface area contributed by atoms with E-state index in [0.717, 1.165) is 11.0 Å². The van der Waals surface area contributed by atoms with Crippen LogP contribution in [0.4, 0.5) is 0 Å². The van der Waals surface area contributed by atoms with Gasteiger partial charge in [-0.15, -0.1) is 0 Å². The van der Waals surface area contributed by atoms with Gasteiger partial charge >= 0.3 is 0 Å². The van der Waals surface area contributed by atoms with Crippen molar-refractivity contribution >= 4 is 15.9 Å². The molecule has 4 nitrogen and oxygen atoms in total. The lowest BCUT2D eigenvalue weighted by atomic mass is 10.0. The molecule has 2 rings (SSSR count). The fourth-order valence-electron chi connectivity index (χ4n) is 2.42. The Morgan fingerprint density at radius 3 is 2.82 bits per heavy atom. The van der Waals surface area contributed by atoms with E-state index in [1.807, 2.05) is 17.9 Å².